The van der Waals surface area contributed by atoms with Gasteiger partial charge in [0.05, 0.1) is 4.90 Å². The molecule has 2 N–H and O–H groups in total. The normalized spacial score (nSPS) is 13.0. The van der Waals surface area contributed by atoms with Gasteiger partial charge in [0.25, 0.3) is 10.0 Å². The lowest BCUT2D eigenvalue weighted by Crippen LogP contribution is -2.33. The summed E-state index contributed by atoms with van der Waals surface area (Å²) in [5.74, 6) is 0.00585. The van der Waals surface area contributed by atoms with Gasteiger partial charge < -0.3 is 0 Å². The molecule has 0 saturated heterocycles. The van der Waals surface area contributed by atoms with E-state index < -0.39 is 21.8 Å². The third-order valence-electron chi connectivity index (χ3n) is 3.44. The Morgan fingerprint density at radius 1 is 1.22 bits per heavy atom. The Morgan fingerprint density at radius 3 is 2.39 bits per heavy atom. The van der Waals surface area contributed by atoms with E-state index in [0.29, 0.717) is 6.42 Å². The Balaban J connectivity index is 2.08. The number of hydrogen-bond acceptors (Lipinski definition) is 5. The molecular formula is C15H20N4O3S. The number of sulfonamides is 1. The van der Waals surface area contributed by atoms with Crippen LogP contribution >= 0.6 is 0 Å². The van der Waals surface area contributed by atoms with Crippen molar-refractivity contribution in [2.45, 2.75) is 38.0 Å². The number of H-pyrrole nitrogens is 1. The van der Waals surface area contributed by atoms with Crippen LogP contribution < -0.4 is 4.72 Å². The molecule has 7 nitrogen and oxygen atoms in total. The van der Waals surface area contributed by atoms with Gasteiger partial charge in [-0.1, -0.05) is 32.9 Å². The van der Waals surface area contributed by atoms with E-state index in [0.717, 1.165) is 11.4 Å². The Labute approximate surface area is 135 Å². The van der Waals surface area contributed by atoms with Crippen molar-refractivity contribution < 1.29 is 13.2 Å². The molecule has 0 bridgehead atoms. The summed E-state index contributed by atoms with van der Waals surface area (Å²) < 4.78 is 26.3. The van der Waals surface area contributed by atoms with Gasteiger partial charge in [0.15, 0.2) is 0 Å². The summed E-state index contributed by atoms with van der Waals surface area (Å²) in [4.78, 5) is 15.7. The highest BCUT2D eigenvalue weighted by atomic mass is 32.2. The molecule has 0 saturated carbocycles. The lowest BCUT2D eigenvalue weighted by atomic mass is 10.0. The van der Waals surface area contributed by atoms with Gasteiger partial charge in [-0.2, -0.15) is 5.10 Å². The third kappa shape index (κ3) is 4.38. The molecule has 0 radical (unpaired) electrons. The van der Waals surface area contributed by atoms with Crippen LogP contribution in [-0.2, 0) is 21.2 Å². The molecule has 23 heavy (non-hydrogen) atoms. The monoisotopic (exact) mass is 336 g/mol. The first kappa shape index (κ1) is 17.1. The number of benzene rings is 1. The first-order chi connectivity index (χ1) is 10.8. The maximum atomic E-state index is 12.1. The van der Waals surface area contributed by atoms with Gasteiger partial charge in [0.1, 0.15) is 12.2 Å². The zero-order valence-electron chi connectivity index (χ0n) is 13.3. The Morgan fingerprint density at radius 2 is 1.87 bits per heavy atom. The number of aromatic amines is 1. The first-order valence-corrected chi connectivity index (χ1v) is 8.79. The highest BCUT2D eigenvalue weighted by molar-refractivity contribution is 7.90. The van der Waals surface area contributed by atoms with Gasteiger partial charge in [-0.25, -0.2) is 18.1 Å². The SMILES string of the molecule is CC(C)C(=O)NS(=O)(=O)c1ccc(CC(C)c2ncn[nH]2)cc1. The van der Waals surface area contributed by atoms with E-state index in [1.807, 2.05) is 6.92 Å². The Hall–Kier alpha value is -2.22. The van der Waals surface area contributed by atoms with E-state index in [2.05, 4.69) is 19.9 Å². The Kier molecular flexibility index (Phi) is 5.15. The summed E-state index contributed by atoms with van der Waals surface area (Å²) in [7, 11) is -3.82. The molecule has 1 amide bonds. The largest absolute Gasteiger partial charge is 0.274 e. The number of nitrogens with one attached hydrogen (secondary N) is 2. The van der Waals surface area contributed by atoms with Crippen molar-refractivity contribution in [2.24, 2.45) is 5.92 Å². The van der Waals surface area contributed by atoms with Crippen LogP contribution in [0.4, 0.5) is 0 Å². The van der Waals surface area contributed by atoms with Crippen LogP contribution in [0, 0.1) is 5.92 Å². The quantitative estimate of drug-likeness (QED) is 0.834. The van der Waals surface area contributed by atoms with Crippen molar-refractivity contribution in [1.82, 2.24) is 19.9 Å². The van der Waals surface area contributed by atoms with Crippen molar-refractivity contribution in [2.75, 3.05) is 0 Å². The van der Waals surface area contributed by atoms with Gasteiger partial charge in [-0.3, -0.25) is 9.89 Å². The highest BCUT2D eigenvalue weighted by Gasteiger charge is 2.19. The van der Waals surface area contributed by atoms with Crippen LogP contribution in [0.25, 0.3) is 0 Å². The molecule has 1 unspecified atom stereocenters. The fourth-order valence-corrected chi connectivity index (χ4v) is 3.13. The number of carbonyl (C=O) groups excluding carboxylic acids is 1. The summed E-state index contributed by atoms with van der Waals surface area (Å²) in [6.45, 7) is 5.28. The lowest BCUT2D eigenvalue weighted by molar-refractivity contribution is -0.122. The van der Waals surface area contributed by atoms with E-state index in [1.165, 1.54) is 18.5 Å². The van der Waals surface area contributed by atoms with Crippen molar-refractivity contribution in [1.29, 1.82) is 0 Å². The molecule has 0 spiro atoms. The second-order valence-electron chi connectivity index (χ2n) is 5.74. The number of aromatic nitrogens is 3. The predicted octanol–water partition coefficient (Wildman–Crippen LogP) is 1.61. The van der Waals surface area contributed by atoms with Gasteiger partial charge in [0, 0.05) is 11.8 Å². The molecule has 0 aliphatic carbocycles. The van der Waals surface area contributed by atoms with Gasteiger partial charge in [0.2, 0.25) is 5.91 Å². The molecule has 1 aromatic carbocycles. The summed E-state index contributed by atoms with van der Waals surface area (Å²) >= 11 is 0. The second-order valence-corrected chi connectivity index (χ2v) is 7.43. The van der Waals surface area contributed by atoms with Gasteiger partial charge >= 0.3 is 0 Å². The molecule has 2 rings (SSSR count). The van der Waals surface area contributed by atoms with E-state index in [4.69, 9.17) is 0 Å². The zero-order chi connectivity index (χ0) is 17.0. The average Bonchev–Trinajstić information content (AvgIpc) is 3.01. The molecule has 0 aliphatic rings. The molecule has 1 aromatic heterocycles. The molecule has 1 heterocycles. The van der Waals surface area contributed by atoms with E-state index >= 15 is 0 Å². The molecule has 0 aliphatic heterocycles. The molecule has 124 valence electrons. The van der Waals surface area contributed by atoms with Crippen molar-refractivity contribution in [3.8, 4) is 0 Å². The summed E-state index contributed by atoms with van der Waals surface area (Å²) in [6, 6.07) is 6.47. The molecular weight excluding hydrogens is 316 g/mol. The van der Waals surface area contributed by atoms with Gasteiger partial charge in [-0.05, 0) is 24.1 Å². The standard InChI is InChI=1S/C15H20N4O3S/c1-10(2)15(20)19-23(21,22)13-6-4-12(5-7-13)8-11(3)14-16-9-17-18-14/h4-7,9-11H,8H2,1-3H3,(H,19,20)(H,16,17,18). The summed E-state index contributed by atoms with van der Waals surface area (Å²) in [5.41, 5.74) is 0.975. The van der Waals surface area contributed by atoms with Crippen molar-refractivity contribution in [3.05, 3.63) is 42.0 Å². The second kappa shape index (κ2) is 6.91. The lowest BCUT2D eigenvalue weighted by Gasteiger charge is -2.11. The van der Waals surface area contributed by atoms with Gasteiger partial charge in [-0.15, -0.1) is 0 Å². The number of carbonyl (C=O) groups is 1. The summed E-state index contributed by atoms with van der Waals surface area (Å²) in [6.07, 6.45) is 2.16. The summed E-state index contributed by atoms with van der Waals surface area (Å²) in [5, 5.41) is 6.64. The smallest absolute Gasteiger partial charge is 0.264 e. The van der Waals surface area contributed by atoms with Crippen LogP contribution in [0.5, 0.6) is 0 Å². The van der Waals surface area contributed by atoms with E-state index in [1.54, 1.807) is 26.0 Å². The van der Waals surface area contributed by atoms with Crippen LogP contribution in [0.3, 0.4) is 0 Å². The van der Waals surface area contributed by atoms with Crippen LogP contribution in [0.2, 0.25) is 0 Å². The van der Waals surface area contributed by atoms with Crippen LogP contribution in [0.1, 0.15) is 38.1 Å². The number of rotatable bonds is 6. The van der Waals surface area contributed by atoms with Crippen molar-refractivity contribution >= 4 is 15.9 Å². The predicted molar refractivity (Wildman–Crippen MR) is 85.1 cm³/mol. The molecule has 0 fully saturated rings. The number of amides is 1. The van der Waals surface area contributed by atoms with Crippen molar-refractivity contribution in [3.63, 3.8) is 0 Å². The maximum absolute atomic E-state index is 12.1. The fourth-order valence-electron chi connectivity index (χ4n) is 2.02. The van der Waals surface area contributed by atoms with E-state index in [-0.39, 0.29) is 10.8 Å². The molecule has 1 atom stereocenters. The minimum absolute atomic E-state index is 0.0718. The maximum Gasteiger partial charge on any atom is 0.264 e. The minimum Gasteiger partial charge on any atom is -0.274 e. The zero-order valence-corrected chi connectivity index (χ0v) is 14.1. The molecule has 8 heteroatoms. The average molecular weight is 336 g/mol. The molecule has 2 aromatic rings. The van der Waals surface area contributed by atoms with Crippen LogP contribution in [-0.4, -0.2) is 29.5 Å². The highest BCUT2D eigenvalue weighted by Crippen LogP contribution is 2.18. The third-order valence-corrected chi connectivity index (χ3v) is 4.80. The topological polar surface area (TPSA) is 105 Å². The number of nitrogens with zero attached hydrogens (tertiary/aromatic N) is 2. The fraction of sp³-hybridized carbons (Fsp3) is 0.400. The van der Waals surface area contributed by atoms with E-state index in [9.17, 15) is 13.2 Å². The first-order valence-electron chi connectivity index (χ1n) is 7.30. The van der Waals surface area contributed by atoms with Crippen LogP contribution in [0.15, 0.2) is 35.5 Å². The minimum atomic E-state index is -3.82. The Bertz CT molecular complexity index is 753. The number of hydrogen-bond donors (Lipinski definition) is 2.